The number of rotatable bonds is 9. The van der Waals surface area contributed by atoms with Crippen molar-refractivity contribution in [2.45, 2.75) is 98.5 Å². The molecule has 2 atom stereocenters. The minimum Gasteiger partial charge on any atom is -0.507 e. The van der Waals surface area contributed by atoms with Gasteiger partial charge in [0.15, 0.2) is 0 Å². The van der Waals surface area contributed by atoms with Gasteiger partial charge in [0.25, 0.3) is 0 Å². The maximum absolute atomic E-state index is 14.3. The number of alkyl carbamates (subject to hydrolysis) is 1. The molecule has 0 aliphatic rings. The first-order valence-corrected chi connectivity index (χ1v) is 13.4. The predicted molar refractivity (Wildman–Crippen MR) is 153 cm³/mol. The van der Waals surface area contributed by atoms with Crippen LogP contribution in [0.2, 0.25) is 0 Å². The molecular weight excluding hydrogens is 494 g/mol. The van der Waals surface area contributed by atoms with Gasteiger partial charge >= 0.3 is 6.09 Å². The summed E-state index contributed by atoms with van der Waals surface area (Å²) in [6, 6.07) is 12.5. The summed E-state index contributed by atoms with van der Waals surface area (Å²) in [7, 11) is 0. The number of phenolic OH excluding ortho intramolecular Hbond substituents is 1. The van der Waals surface area contributed by atoms with Gasteiger partial charge in [-0.25, -0.2) is 4.79 Å². The normalized spacial score (nSPS) is 13.4. The lowest BCUT2D eigenvalue weighted by molar-refractivity contribution is -0.148. The molecule has 0 fully saturated rings. The Bertz CT molecular complexity index is 1130. The van der Waals surface area contributed by atoms with Crippen LogP contribution in [0.25, 0.3) is 0 Å². The van der Waals surface area contributed by atoms with E-state index in [0.717, 1.165) is 5.56 Å². The van der Waals surface area contributed by atoms with Crippen molar-refractivity contribution in [2.75, 3.05) is 0 Å². The second-order valence-electron chi connectivity index (χ2n) is 12.3. The smallest absolute Gasteiger partial charge is 0.408 e. The zero-order valence-corrected chi connectivity index (χ0v) is 24.8. The van der Waals surface area contributed by atoms with Crippen LogP contribution in [0.15, 0.2) is 48.5 Å². The Balaban J connectivity index is 2.58. The van der Waals surface area contributed by atoms with Crippen molar-refractivity contribution in [2.24, 2.45) is 5.92 Å². The number of carbonyl (C=O) groups excluding carboxylic acids is 3. The van der Waals surface area contributed by atoms with E-state index in [2.05, 4.69) is 10.6 Å². The molecule has 8 heteroatoms. The number of nitrogens with zero attached hydrogens (tertiary/aromatic N) is 1. The Morgan fingerprint density at radius 1 is 0.949 bits per heavy atom. The molecule has 0 aliphatic carbocycles. The second kappa shape index (κ2) is 13.0. The number of amides is 3. The molecule has 39 heavy (non-hydrogen) atoms. The molecule has 0 radical (unpaired) electrons. The number of para-hydroxylation sites is 1. The van der Waals surface area contributed by atoms with Crippen molar-refractivity contribution in [3.05, 3.63) is 65.2 Å². The topological polar surface area (TPSA) is 108 Å². The standard InChI is InChI=1S/C31H45N3O5/c1-20(2)18-24(33-29(38)39-31(7,8)9)28(37)34(30(4,5)6)25(23-17-13-14-21(3)26(23)35)27(36)32-19-22-15-11-10-12-16-22/h10-17,20,24-25,35H,18-19H2,1-9H3,(H,32,36)(H,33,38). The van der Waals surface area contributed by atoms with Crippen LogP contribution in [-0.2, 0) is 20.9 Å². The molecule has 3 amide bonds. The Labute approximate surface area is 233 Å². The molecule has 2 aromatic rings. The van der Waals surface area contributed by atoms with Crippen LogP contribution in [0.5, 0.6) is 5.75 Å². The fraction of sp³-hybridized carbons (Fsp3) is 0.516. The zero-order valence-electron chi connectivity index (χ0n) is 24.8. The quantitative estimate of drug-likeness (QED) is 0.383. The summed E-state index contributed by atoms with van der Waals surface area (Å²) < 4.78 is 5.44. The average Bonchev–Trinajstić information content (AvgIpc) is 2.80. The van der Waals surface area contributed by atoms with Crippen molar-refractivity contribution < 1.29 is 24.2 Å². The van der Waals surface area contributed by atoms with Gasteiger partial charge in [0.05, 0.1) is 0 Å². The third-order valence-corrected chi connectivity index (χ3v) is 6.04. The van der Waals surface area contributed by atoms with Crippen LogP contribution in [0, 0.1) is 12.8 Å². The highest BCUT2D eigenvalue weighted by Gasteiger charge is 2.43. The van der Waals surface area contributed by atoms with E-state index in [0.29, 0.717) is 17.5 Å². The van der Waals surface area contributed by atoms with E-state index >= 15 is 0 Å². The number of aryl methyl sites for hydroxylation is 1. The molecule has 0 spiro atoms. The summed E-state index contributed by atoms with van der Waals surface area (Å²) in [5, 5.41) is 16.7. The van der Waals surface area contributed by atoms with E-state index in [1.807, 2.05) is 65.0 Å². The number of ether oxygens (including phenoxy) is 1. The van der Waals surface area contributed by atoms with Gasteiger partial charge in [0, 0.05) is 17.6 Å². The van der Waals surface area contributed by atoms with Crippen LogP contribution in [0.3, 0.4) is 0 Å². The predicted octanol–water partition coefficient (Wildman–Crippen LogP) is 5.62. The minimum atomic E-state index is -1.16. The van der Waals surface area contributed by atoms with Crippen molar-refractivity contribution in [3.8, 4) is 5.75 Å². The Morgan fingerprint density at radius 2 is 1.56 bits per heavy atom. The molecule has 2 aromatic carbocycles. The molecule has 2 rings (SSSR count). The zero-order chi connectivity index (χ0) is 29.5. The molecule has 8 nitrogen and oxygen atoms in total. The van der Waals surface area contributed by atoms with E-state index in [1.165, 1.54) is 4.90 Å². The van der Waals surface area contributed by atoms with E-state index in [4.69, 9.17) is 4.74 Å². The molecule has 3 N–H and O–H groups in total. The third-order valence-electron chi connectivity index (χ3n) is 6.04. The van der Waals surface area contributed by atoms with Crippen LogP contribution < -0.4 is 10.6 Å². The van der Waals surface area contributed by atoms with Crippen LogP contribution >= 0.6 is 0 Å². The highest BCUT2D eigenvalue weighted by atomic mass is 16.6. The van der Waals surface area contributed by atoms with E-state index in [9.17, 15) is 19.5 Å². The van der Waals surface area contributed by atoms with Crippen molar-refractivity contribution >= 4 is 17.9 Å². The lowest BCUT2D eigenvalue weighted by atomic mass is 9.92. The molecule has 2 unspecified atom stereocenters. The van der Waals surface area contributed by atoms with Gasteiger partial charge in [0.1, 0.15) is 23.4 Å². The Kier molecular flexibility index (Phi) is 10.6. The summed E-state index contributed by atoms with van der Waals surface area (Å²) in [5.41, 5.74) is 0.194. The molecule has 0 bridgehead atoms. The number of aromatic hydroxyl groups is 1. The highest BCUT2D eigenvalue weighted by molar-refractivity contribution is 5.93. The Hall–Kier alpha value is -3.55. The monoisotopic (exact) mass is 539 g/mol. The number of benzene rings is 2. The fourth-order valence-corrected chi connectivity index (χ4v) is 4.34. The third kappa shape index (κ3) is 9.30. The summed E-state index contributed by atoms with van der Waals surface area (Å²) in [6.07, 6.45) is -0.373. The summed E-state index contributed by atoms with van der Waals surface area (Å²) in [4.78, 5) is 42.4. The molecule has 0 aliphatic heterocycles. The van der Waals surface area contributed by atoms with Gasteiger partial charge in [-0.1, -0.05) is 62.4 Å². The lowest BCUT2D eigenvalue weighted by Crippen LogP contribution is -2.58. The largest absolute Gasteiger partial charge is 0.507 e. The van der Waals surface area contributed by atoms with Crippen LogP contribution in [0.1, 0.15) is 84.5 Å². The van der Waals surface area contributed by atoms with Gasteiger partial charge in [-0.05, 0) is 71.9 Å². The van der Waals surface area contributed by atoms with Crippen molar-refractivity contribution in [1.82, 2.24) is 15.5 Å². The molecule has 214 valence electrons. The van der Waals surface area contributed by atoms with Gasteiger partial charge in [-0.15, -0.1) is 0 Å². The number of phenols is 1. The molecule has 0 saturated carbocycles. The number of hydrogen-bond donors (Lipinski definition) is 3. The molecular formula is C31H45N3O5. The van der Waals surface area contributed by atoms with Gasteiger partial charge in [-0.2, -0.15) is 0 Å². The van der Waals surface area contributed by atoms with Gasteiger partial charge < -0.3 is 25.4 Å². The van der Waals surface area contributed by atoms with Gasteiger partial charge in [0.2, 0.25) is 11.8 Å². The lowest BCUT2D eigenvalue weighted by Gasteiger charge is -2.43. The summed E-state index contributed by atoms with van der Waals surface area (Å²) in [6.45, 7) is 16.6. The molecule has 0 heterocycles. The second-order valence-corrected chi connectivity index (χ2v) is 12.3. The van der Waals surface area contributed by atoms with E-state index in [-0.39, 0.29) is 18.2 Å². The fourth-order valence-electron chi connectivity index (χ4n) is 4.34. The summed E-state index contributed by atoms with van der Waals surface area (Å²) >= 11 is 0. The number of hydrogen-bond acceptors (Lipinski definition) is 5. The maximum atomic E-state index is 14.3. The first-order valence-electron chi connectivity index (χ1n) is 13.4. The number of nitrogens with one attached hydrogen (secondary N) is 2. The van der Waals surface area contributed by atoms with E-state index < -0.39 is 41.1 Å². The molecule has 0 saturated heterocycles. The Morgan fingerprint density at radius 3 is 2.10 bits per heavy atom. The first-order chi connectivity index (χ1) is 18.0. The van der Waals surface area contributed by atoms with Crippen LogP contribution in [0.4, 0.5) is 4.79 Å². The SMILES string of the molecule is Cc1cccc(C(C(=O)NCc2ccccc2)N(C(=O)C(CC(C)C)NC(=O)OC(C)(C)C)C(C)(C)C)c1O. The minimum absolute atomic E-state index is 0.0556. The maximum Gasteiger partial charge on any atom is 0.408 e. The highest BCUT2D eigenvalue weighted by Crippen LogP contribution is 2.36. The van der Waals surface area contributed by atoms with Crippen LogP contribution in [-0.4, -0.2) is 45.1 Å². The molecule has 0 aromatic heterocycles. The van der Waals surface area contributed by atoms with Gasteiger partial charge in [-0.3, -0.25) is 9.59 Å². The number of carbonyl (C=O) groups is 3. The van der Waals surface area contributed by atoms with Crippen molar-refractivity contribution in [3.63, 3.8) is 0 Å². The average molecular weight is 540 g/mol. The summed E-state index contributed by atoms with van der Waals surface area (Å²) in [5.74, 6) is -0.875. The first kappa shape index (κ1) is 31.7. The van der Waals surface area contributed by atoms with E-state index in [1.54, 1.807) is 45.9 Å². The van der Waals surface area contributed by atoms with Crippen molar-refractivity contribution in [1.29, 1.82) is 0 Å².